The van der Waals surface area contributed by atoms with E-state index in [-0.39, 0.29) is 6.61 Å². The molecule has 0 saturated heterocycles. The highest BCUT2D eigenvalue weighted by molar-refractivity contribution is 5.27. The first-order valence-corrected chi connectivity index (χ1v) is 5.60. The molecule has 0 aromatic heterocycles. The van der Waals surface area contributed by atoms with Gasteiger partial charge in [-0.05, 0) is 24.1 Å². The highest BCUT2D eigenvalue weighted by atomic mass is 16.5. The number of methoxy groups -OCH3 is 1. The summed E-state index contributed by atoms with van der Waals surface area (Å²) in [5.41, 5.74) is 1.13. The summed E-state index contributed by atoms with van der Waals surface area (Å²) in [4.78, 5) is 0. The van der Waals surface area contributed by atoms with Gasteiger partial charge in [-0.2, -0.15) is 0 Å². The first kappa shape index (κ1) is 16.4. The van der Waals surface area contributed by atoms with Gasteiger partial charge in [-0.3, -0.25) is 0 Å². The van der Waals surface area contributed by atoms with Crippen molar-refractivity contribution in [1.29, 1.82) is 0 Å². The zero-order valence-electron chi connectivity index (χ0n) is 10.6. The van der Waals surface area contributed by atoms with E-state index in [1.807, 2.05) is 52.0 Å². The summed E-state index contributed by atoms with van der Waals surface area (Å²) < 4.78 is 4.98. The summed E-state index contributed by atoms with van der Waals surface area (Å²) in [6, 6.07) is 7.69. The lowest BCUT2D eigenvalue weighted by atomic mass is 10.1. The minimum absolute atomic E-state index is 0.201. The predicted molar refractivity (Wildman–Crippen MR) is 66.5 cm³/mol. The van der Waals surface area contributed by atoms with E-state index in [0.717, 1.165) is 11.3 Å². The molecule has 1 rings (SSSR count). The van der Waals surface area contributed by atoms with E-state index >= 15 is 0 Å². The Balaban J connectivity index is 0. The van der Waals surface area contributed by atoms with Crippen molar-refractivity contribution in [3.05, 3.63) is 29.8 Å². The smallest absolute Gasteiger partial charge is 0.118 e. The molecule has 0 saturated carbocycles. The third kappa shape index (κ3) is 8.01. The van der Waals surface area contributed by atoms with Crippen molar-refractivity contribution >= 4 is 0 Å². The van der Waals surface area contributed by atoms with Gasteiger partial charge < -0.3 is 9.84 Å². The molecule has 2 heteroatoms. The molecule has 0 aliphatic rings. The molecule has 0 unspecified atom stereocenters. The molecule has 88 valence electrons. The van der Waals surface area contributed by atoms with Gasteiger partial charge in [-0.15, -0.1) is 0 Å². The van der Waals surface area contributed by atoms with E-state index in [2.05, 4.69) is 0 Å². The maximum Gasteiger partial charge on any atom is 0.118 e. The van der Waals surface area contributed by atoms with Gasteiger partial charge in [0, 0.05) is 6.61 Å². The Morgan fingerprint density at radius 1 is 1.00 bits per heavy atom. The van der Waals surface area contributed by atoms with Crippen molar-refractivity contribution in [3.8, 4) is 5.75 Å². The quantitative estimate of drug-likeness (QED) is 0.833. The van der Waals surface area contributed by atoms with Crippen molar-refractivity contribution in [1.82, 2.24) is 0 Å². The molecule has 0 atom stereocenters. The summed E-state index contributed by atoms with van der Waals surface area (Å²) in [5, 5.41) is 8.61. The first-order chi connectivity index (χ1) is 7.36. The number of ether oxygens (including phenoxy) is 1. The van der Waals surface area contributed by atoms with Crippen LogP contribution in [0, 0.1) is 0 Å². The zero-order valence-corrected chi connectivity index (χ0v) is 10.6. The van der Waals surface area contributed by atoms with Crippen molar-refractivity contribution in [2.75, 3.05) is 13.7 Å². The van der Waals surface area contributed by atoms with Gasteiger partial charge in [-0.1, -0.05) is 39.8 Å². The van der Waals surface area contributed by atoms with Gasteiger partial charge in [0.25, 0.3) is 0 Å². The normalized spacial score (nSPS) is 7.87. The third-order valence-corrected chi connectivity index (χ3v) is 1.56. The molecule has 0 heterocycles. The standard InChI is InChI=1S/C9H12O2.2C2H6/c1-11-9-4-2-8(3-5-9)6-7-10;2*1-2/h2-5,10H,6-7H2,1H3;2*1-2H3. The number of benzene rings is 1. The molecule has 1 aromatic rings. The summed E-state index contributed by atoms with van der Waals surface area (Å²) in [7, 11) is 1.64. The average molecular weight is 212 g/mol. The lowest BCUT2D eigenvalue weighted by Crippen LogP contribution is -1.90. The Bertz CT molecular complexity index is 204. The molecule has 15 heavy (non-hydrogen) atoms. The van der Waals surface area contributed by atoms with Crippen LogP contribution in [0.1, 0.15) is 33.3 Å². The minimum atomic E-state index is 0.201. The third-order valence-electron chi connectivity index (χ3n) is 1.56. The average Bonchev–Trinajstić information content (AvgIpc) is 2.36. The van der Waals surface area contributed by atoms with Crippen molar-refractivity contribution < 1.29 is 9.84 Å². The second-order valence-corrected chi connectivity index (χ2v) is 2.32. The lowest BCUT2D eigenvalue weighted by Gasteiger charge is -2.00. The molecule has 2 nitrogen and oxygen atoms in total. The van der Waals surface area contributed by atoms with E-state index in [1.54, 1.807) is 7.11 Å². The fraction of sp³-hybridized carbons (Fsp3) is 0.538. The number of hydrogen-bond acceptors (Lipinski definition) is 2. The number of aliphatic hydroxyl groups excluding tert-OH is 1. The maximum absolute atomic E-state index is 8.61. The molecule has 0 amide bonds. The Hall–Kier alpha value is -1.02. The van der Waals surface area contributed by atoms with Crippen LogP contribution in [0.25, 0.3) is 0 Å². The second-order valence-electron chi connectivity index (χ2n) is 2.32. The van der Waals surface area contributed by atoms with Gasteiger partial charge in [0.15, 0.2) is 0 Å². The van der Waals surface area contributed by atoms with Crippen LogP contribution >= 0.6 is 0 Å². The topological polar surface area (TPSA) is 29.5 Å². The van der Waals surface area contributed by atoms with Gasteiger partial charge in [0.05, 0.1) is 7.11 Å². The zero-order chi connectivity index (χ0) is 12.1. The van der Waals surface area contributed by atoms with Crippen molar-refractivity contribution in [3.63, 3.8) is 0 Å². The van der Waals surface area contributed by atoms with Crippen LogP contribution in [0.2, 0.25) is 0 Å². The SMILES string of the molecule is CC.CC.COc1ccc(CCO)cc1. The number of rotatable bonds is 3. The monoisotopic (exact) mass is 212 g/mol. The van der Waals surface area contributed by atoms with Gasteiger partial charge in [0.2, 0.25) is 0 Å². The van der Waals surface area contributed by atoms with Crippen molar-refractivity contribution in [2.45, 2.75) is 34.1 Å². The summed E-state index contributed by atoms with van der Waals surface area (Å²) in [6.45, 7) is 8.20. The van der Waals surface area contributed by atoms with Crippen molar-refractivity contribution in [2.24, 2.45) is 0 Å². The molecule has 1 aromatic carbocycles. The van der Waals surface area contributed by atoms with E-state index in [9.17, 15) is 0 Å². The van der Waals surface area contributed by atoms with Crippen LogP contribution in [0.4, 0.5) is 0 Å². The number of hydrogen-bond donors (Lipinski definition) is 1. The highest BCUT2D eigenvalue weighted by Crippen LogP contribution is 2.10. The fourth-order valence-electron chi connectivity index (χ4n) is 0.921. The van der Waals surface area contributed by atoms with E-state index in [1.165, 1.54) is 0 Å². The summed E-state index contributed by atoms with van der Waals surface area (Å²) in [5.74, 6) is 0.853. The Morgan fingerprint density at radius 2 is 1.47 bits per heavy atom. The summed E-state index contributed by atoms with van der Waals surface area (Å²) >= 11 is 0. The Labute approximate surface area is 93.9 Å². The number of aliphatic hydroxyl groups is 1. The molecule has 0 spiro atoms. The Kier molecular flexibility index (Phi) is 14.2. The van der Waals surface area contributed by atoms with E-state index < -0.39 is 0 Å². The van der Waals surface area contributed by atoms with E-state index in [0.29, 0.717) is 6.42 Å². The maximum atomic E-state index is 8.61. The molecule has 0 fully saturated rings. The minimum Gasteiger partial charge on any atom is -0.497 e. The molecular weight excluding hydrogens is 188 g/mol. The van der Waals surface area contributed by atoms with Gasteiger partial charge in [0.1, 0.15) is 5.75 Å². The van der Waals surface area contributed by atoms with Crippen LogP contribution in [0.3, 0.4) is 0 Å². The molecule has 0 bridgehead atoms. The molecule has 0 aliphatic heterocycles. The van der Waals surface area contributed by atoms with Crippen LogP contribution in [0.5, 0.6) is 5.75 Å². The predicted octanol–water partition coefficient (Wildman–Crippen LogP) is 3.28. The van der Waals surface area contributed by atoms with Gasteiger partial charge >= 0.3 is 0 Å². The van der Waals surface area contributed by atoms with E-state index in [4.69, 9.17) is 9.84 Å². The van der Waals surface area contributed by atoms with Crippen LogP contribution in [0.15, 0.2) is 24.3 Å². The van der Waals surface area contributed by atoms with Crippen LogP contribution in [-0.4, -0.2) is 18.8 Å². The largest absolute Gasteiger partial charge is 0.497 e. The molecule has 0 radical (unpaired) electrons. The highest BCUT2D eigenvalue weighted by Gasteiger charge is 1.91. The first-order valence-electron chi connectivity index (χ1n) is 5.60. The second kappa shape index (κ2) is 13.0. The molecule has 0 aliphatic carbocycles. The lowest BCUT2D eigenvalue weighted by molar-refractivity contribution is 0.299. The van der Waals surface area contributed by atoms with Crippen LogP contribution in [-0.2, 0) is 6.42 Å². The van der Waals surface area contributed by atoms with Gasteiger partial charge in [-0.25, -0.2) is 0 Å². The molecular formula is C13H24O2. The molecule has 1 N–H and O–H groups in total. The Morgan fingerprint density at radius 3 is 1.80 bits per heavy atom. The van der Waals surface area contributed by atoms with Crippen LogP contribution < -0.4 is 4.74 Å². The summed E-state index contributed by atoms with van der Waals surface area (Å²) in [6.07, 6.45) is 0.712. The fourth-order valence-corrected chi connectivity index (χ4v) is 0.921.